The molecular weight excluding hydrogens is 286 g/mol. The molecule has 1 aromatic carbocycles. The second-order valence-corrected chi connectivity index (χ2v) is 6.31. The normalized spacial score (nSPS) is 18.9. The van der Waals surface area contributed by atoms with Gasteiger partial charge in [0.05, 0.1) is 12.6 Å². The smallest absolute Gasteiger partial charge is 0.231 e. The third-order valence-electron chi connectivity index (χ3n) is 4.21. The highest BCUT2D eigenvalue weighted by Gasteiger charge is 2.33. The van der Waals surface area contributed by atoms with Crippen molar-refractivity contribution in [2.45, 2.75) is 50.7 Å². The van der Waals surface area contributed by atoms with Crippen LogP contribution < -0.4 is 11.5 Å². The van der Waals surface area contributed by atoms with Crippen molar-refractivity contribution >= 4 is 17.5 Å². The number of amides is 1. The Balaban J connectivity index is 2.36. The largest absolute Gasteiger partial charge is 0.369 e. The molecule has 0 saturated heterocycles. The summed E-state index contributed by atoms with van der Waals surface area (Å²) >= 11 is 6.35. The number of primary amides is 1. The average Bonchev–Trinajstić information content (AvgIpc) is 2.93. The average molecular weight is 310 g/mol. The van der Waals surface area contributed by atoms with E-state index in [2.05, 4.69) is 4.90 Å². The van der Waals surface area contributed by atoms with Gasteiger partial charge in [-0.2, -0.15) is 0 Å². The molecule has 1 saturated carbocycles. The fourth-order valence-corrected chi connectivity index (χ4v) is 3.60. The number of halogens is 1. The van der Waals surface area contributed by atoms with E-state index in [1.807, 2.05) is 31.2 Å². The molecule has 0 heterocycles. The highest BCUT2D eigenvalue weighted by molar-refractivity contribution is 6.31. The maximum atomic E-state index is 11.5. The summed E-state index contributed by atoms with van der Waals surface area (Å²) in [5.41, 5.74) is 12.7. The molecule has 0 radical (unpaired) electrons. The maximum absolute atomic E-state index is 11.5. The molecular formula is C16H24ClN3O. The minimum Gasteiger partial charge on any atom is -0.369 e. The van der Waals surface area contributed by atoms with Gasteiger partial charge >= 0.3 is 0 Å². The first kappa shape index (κ1) is 16.3. The summed E-state index contributed by atoms with van der Waals surface area (Å²) in [5, 5.41) is 0.687. The van der Waals surface area contributed by atoms with E-state index in [0.717, 1.165) is 18.4 Å². The number of hydrogen-bond acceptors (Lipinski definition) is 3. The standard InChI is InChI=1S/C16H24ClN3O/c1-11(18)16(13-8-4-5-9-14(13)17)20(10-15(19)21)12-6-2-3-7-12/h4-5,8-9,11-12,16H,2-3,6-7,10,18H2,1H3,(H2,19,21). The van der Waals surface area contributed by atoms with Gasteiger partial charge in [0.1, 0.15) is 0 Å². The Morgan fingerprint density at radius 1 is 1.38 bits per heavy atom. The Morgan fingerprint density at radius 3 is 2.52 bits per heavy atom. The molecule has 1 fully saturated rings. The number of hydrogen-bond donors (Lipinski definition) is 2. The number of carbonyl (C=O) groups is 1. The van der Waals surface area contributed by atoms with Crippen molar-refractivity contribution in [3.63, 3.8) is 0 Å². The molecule has 0 aliphatic heterocycles. The lowest BCUT2D eigenvalue weighted by Crippen LogP contribution is -2.48. The summed E-state index contributed by atoms with van der Waals surface area (Å²) in [6.07, 6.45) is 4.55. The van der Waals surface area contributed by atoms with Crippen molar-refractivity contribution in [1.82, 2.24) is 4.90 Å². The van der Waals surface area contributed by atoms with Crippen LogP contribution in [0, 0.1) is 0 Å². The fraction of sp³-hybridized carbons (Fsp3) is 0.562. The Kier molecular flexibility index (Phi) is 5.62. The van der Waals surface area contributed by atoms with Gasteiger partial charge in [0.25, 0.3) is 0 Å². The fourth-order valence-electron chi connectivity index (χ4n) is 3.35. The van der Waals surface area contributed by atoms with Crippen LogP contribution in [0.15, 0.2) is 24.3 Å². The molecule has 4 N–H and O–H groups in total. The highest BCUT2D eigenvalue weighted by atomic mass is 35.5. The summed E-state index contributed by atoms with van der Waals surface area (Å²) in [6.45, 7) is 2.18. The van der Waals surface area contributed by atoms with Crippen LogP contribution in [0.25, 0.3) is 0 Å². The zero-order valence-electron chi connectivity index (χ0n) is 12.5. The summed E-state index contributed by atoms with van der Waals surface area (Å²) in [4.78, 5) is 13.7. The Bertz CT molecular complexity index is 486. The van der Waals surface area contributed by atoms with Crippen LogP contribution in [0.3, 0.4) is 0 Å². The van der Waals surface area contributed by atoms with Gasteiger partial charge in [-0.25, -0.2) is 0 Å². The first-order valence-electron chi connectivity index (χ1n) is 7.54. The summed E-state index contributed by atoms with van der Waals surface area (Å²) in [5.74, 6) is -0.320. The van der Waals surface area contributed by atoms with Gasteiger partial charge in [0, 0.05) is 17.1 Å². The summed E-state index contributed by atoms with van der Waals surface area (Å²) < 4.78 is 0. The Morgan fingerprint density at radius 2 is 2.00 bits per heavy atom. The molecule has 21 heavy (non-hydrogen) atoms. The molecule has 1 aliphatic rings. The lowest BCUT2D eigenvalue weighted by Gasteiger charge is -2.38. The first-order valence-corrected chi connectivity index (χ1v) is 7.92. The van der Waals surface area contributed by atoms with Crippen molar-refractivity contribution in [2.24, 2.45) is 11.5 Å². The summed E-state index contributed by atoms with van der Waals surface area (Å²) in [6, 6.07) is 7.83. The van der Waals surface area contributed by atoms with E-state index in [4.69, 9.17) is 23.1 Å². The molecule has 0 bridgehead atoms. The monoisotopic (exact) mass is 309 g/mol. The number of benzene rings is 1. The third kappa shape index (κ3) is 3.96. The molecule has 4 nitrogen and oxygen atoms in total. The van der Waals surface area contributed by atoms with E-state index in [0.29, 0.717) is 11.1 Å². The zero-order chi connectivity index (χ0) is 15.4. The SMILES string of the molecule is CC(N)C(c1ccccc1Cl)N(CC(N)=O)C1CCCC1. The number of nitrogens with two attached hydrogens (primary N) is 2. The lowest BCUT2D eigenvalue weighted by atomic mass is 9.96. The summed E-state index contributed by atoms with van der Waals surface area (Å²) in [7, 11) is 0. The van der Waals surface area contributed by atoms with Crippen LogP contribution in [-0.2, 0) is 4.79 Å². The molecule has 2 atom stereocenters. The van der Waals surface area contributed by atoms with E-state index in [-0.39, 0.29) is 24.5 Å². The van der Waals surface area contributed by atoms with E-state index < -0.39 is 0 Å². The molecule has 2 rings (SSSR count). The van der Waals surface area contributed by atoms with Gasteiger partial charge in [0.15, 0.2) is 0 Å². The van der Waals surface area contributed by atoms with Gasteiger partial charge in [-0.3, -0.25) is 9.69 Å². The third-order valence-corrected chi connectivity index (χ3v) is 4.56. The van der Waals surface area contributed by atoms with Crippen LogP contribution >= 0.6 is 11.6 Å². The van der Waals surface area contributed by atoms with Gasteiger partial charge in [0.2, 0.25) is 5.91 Å². The van der Waals surface area contributed by atoms with E-state index in [1.54, 1.807) is 0 Å². The van der Waals surface area contributed by atoms with Crippen molar-refractivity contribution in [3.05, 3.63) is 34.9 Å². The predicted octanol–water partition coefficient (Wildman–Crippen LogP) is 2.46. The van der Waals surface area contributed by atoms with E-state index in [9.17, 15) is 4.79 Å². The molecule has 2 unspecified atom stereocenters. The van der Waals surface area contributed by atoms with Crippen LogP contribution in [0.2, 0.25) is 5.02 Å². The van der Waals surface area contributed by atoms with Crippen LogP contribution in [-0.4, -0.2) is 29.4 Å². The highest BCUT2D eigenvalue weighted by Crippen LogP contribution is 2.35. The second-order valence-electron chi connectivity index (χ2n) is 5.90. The van der Waals surface area contributed by atoms with Crippen LogP contribution in [0.4, 0.5) is 0 Å². The lowest BCUT2D eigenvalue weighted by molar-refractivity contribution is -0.120. The van der Waals surface area contributed by atoms with Crippen molar-refractivity contribution in [3.8, 4) is 0 Å². The predicted molar refractivity (Wildman–Crippen MR) is 86.0 cm³/mol. The van der Waals surface area contributed by atoms with E-state index in [1.165, 1.54) is 12.8 Å². The van der Waals surface area contributed by atoms with Gasteiger partial charge in [-0.05, 0) is 31.4 Å². The quantitative estimate of drug-likeness (QED) is 0.848. The van der Waals surface area contributed by atoms with Gasteiger partial charge in [-0.1, -0.05) is 42.6 Å². The van der Waals surface area contributed by atoms with E-state index >= 15 is 0 Å². The Hall–Kier alpha value is -1.10. The molecule has 1 aliphatic carbocycles. The minimum absolute atomic E-state index is 0.0886. The minimum atomic E-state index is -0.320. The molecule has 0 spiro atoms. The van der Waals surface area contributed by atoms with Crippen molar-refractivity contribution in [1.29, 1.82) is 0 Å². The molecule has 1 amide bonds. The first-order chi connectivity index (χ1) is 10.0. The van der Waals surface area contributed by atoms with Crippen LogP contribution in [0.1, 0.15) is 44.2 Å². The topological polar surface area (TPSA) is 72.3 Å². The second kappa shape index (κ2) is 7.25. The molecule has 0 aromatic heterocycles. The van der Waals surface area contributed by atoms with Crippen LogP contribution in [0.5, 0.6) is 0 Å². The van der Waals surface area contributed by atoms with Crippen molar-refractivity contribution in [2.75, 3.05) is 6.54 Å². The molecule has 5 heteroatoms. The Labute approximate surface area is 131 Å². The van der Waals surface area contributed by atoms with Gasteiger partial charge in [-0.15, -0.1) is 0 Å². The number of carbonyl (C=O) groups excluding carboxylic acids is 1. The zero-order valence-corrected chi connectivity index (χ0v) is 13.2. The maximum Gasteiger partial charge on any atom is 0.231 e. The molecule has 1 aromatic rings. The molecule has 116 valence electrons. The van der Waals surface area contributed by atoms with Gasteiger partial charge < -0.3 is 11.5 Å². The van der Waals surface area contributed by atoms with Crippen molar-refractivity contribution < 1.29 is 4.79 Å². The number of nitrogens with zero attached hydrogens (tertiary/aromatic N) is 1. The number of rotatable bonds is 6.